The molecule has 5 aromatic rings. The van der Waals surface area contributed by atoms with Crippen molar-refractivity contribution in [2.24, 2.45) is 0 Å². The van der Waals surface area contributed by atoms with Crippen molar-refractivity contribution in [3.63, 3.8) is 0 Å². The molecule has 8 nitrogen and oxygen atoms in total. The molecule has 0 atom stereocenters. The summed E-state index contributed by atoms with van der Waals surface area (Å²) in [5.41, 5.74) is 5.87. The first-order valence-corrected chi connectivity index (χ1v) is 9.04. The summed E-state index contributed by atoms with van der Waals surface area (Å²) in [7, 11) is 0. The first-order valence-electron chi connectivity index (χ1n) is 9.04. The topological polar surface area (TPSA) is 108 Å². The van der Waals surface area contributed by atoms with E-state index in [4.69, 9.17) is 0 Å². The van der Waals surface area contributed by atoms with Gasteiger partial charge in [-0.15, -0.1) is 0 Å². The van der Waals surface area contributed by atoms with E-state index in [1.807, 2.05) is 30.7 Å². The molecular weight excluding hydrogens is 352 g/mol. The van der Waals surface area contributed by atoms with Gasteiger partial charge in [-0.05, 0) is 38.1 Å². The minimum atomic E-state index is 0.333. The molecule has 0 fully saturated rings. The van der Waals surface area contributed by atoms with Crippen LogP contribution in [0.2, 0.25) is 0 Å². The standard InChI is InChI=1S/C20H18N8/c1-11(2)24-14-6-12(8-21-10-14)13-7-15-17(27-28-18(15)23-9-13)20-25-16-4-3-5-22-19(16)26-20/h3-11,24H,1-2H3,(H,22,25,26)(H,23,27,28). The van der Waals surface area contributed by atoms with E-state index in [0.29, 0.717) is 23.2 Å². The summed E-state index contributed by atoms with van der Waals surface area (Å²) >= 11 is 0. The van der Waals surface area contributed by atoms with Crippen LogP contribution in [0, 0.1) is 0 Å². The number of rotatable bonds is 4. The van der Waals surface area contributed by atoms with Gasteiger partial charge in [-0.3, -0.25) is 10.1 Å². The molecule has 5 aromatic heterocycles. The molecule has 138 valence electrons. The summed E-state index contributed by atoms with van der Waals surface area (Å²) < 4.78 is 0. The molecule has 0 aliphatic rings. The molecule has 5 heterocycles. The zero-order valence-corrected chi connectivity index (χ0v) is 15.4. The summed E-state index contributed by atoms with van der Waals surface area (Å²) in [6.45, 7) is 4.19. The SMILES string of the molecule is CC(C)Nc1cncc(-c2cnc3[nH]nc(-c4nc5cccnc5[nH]4)c3c2)c1. The summed E-state index contributed by atoms with van der Waals surface area (Å²) in [6, 6.07) is 8.23. The molecule has 0 amide bonds. The quantitative estimate of drug-likeness (QED) is 0.444. The fourth-order valence-corrected chi connectivity index (χ4v) is 3.21. The van der Waals surface area contributed by atoms with Gasteiger partial charge < -0.3 is 10.3 Å². The Balaban J connectivity index is 1.60. The maximum absolute atomic E-state index is 4.60. The lowest BCUT2D eigenvalue weighted by Crippen LogP contribution is -2.09. The molecule has 0 radical (unpaired) electrons. The third-order valence-corrected chi connectivity index (χ3v) is 4.42. The first kappa shape index (κ1) is 16.4. The van der Waals surface area contributed by atoms with Gasteiger partial charge in [0.2, 0.25) is 0 Å². The molecule has 0 saturated heterocycles. The Morgan fingerprint density at radius 3 is 2.75 bits per heavy atom. The van der Waals surface area contributed by atoms with Crippen molar-refractivity contribution in [2.75, 3.05) is 5.32 Å². The maximum Gasteiger partial charge on any atom is 0.161 e. The van der Waals surface area contributed by atoms with E-state index in [-0.39, 0.29) is 0 Å². The number of nitrogens with one attached hydrogen (secondary N) is 3. The Hall–Kier alpha value is -3.81. The minimum absolute atomic E-state index is 0.333. The number of anilines is 1. The zero-order chi connectivity index (χ0) is 19.1. The van der Waals surface area contributed by atoms with E-state index in [2.05, 4.69) is 66.4 Å². The van der Waals surface area contributed by atoms with E-state index in [1.165, 1.54) is 0 Å². The highest BCUT2D eigenvalue weighted by Gasteiger charge is 2.15. The Morgan fingerprint density at radius 2 is 1.89 bits per heavy atom. The Morgan fingerprint density at radius 1 is 1.00 bits per heavy atom. The van der Waals surface area contributed by atoms with Crippen molar-refractivity contribution in [3.8, 4) is 22.6 Å². The molecule has 0 bridgehead atoms. The molecule has 0 spiro atoms. The number of pyridine rings is 3. The van der Waals surface area contributed by atoms with Gasteiger partial charge >= 0.3 is 0 Å². The van der Waals surface area contributed by atoms with Crippen molar-refractivity contribution in [1.82, 2.24) is 35.1 Å². The summed E-state index contributed by atoms with van der Waals surface area (Å²) in [4.78, 5) is 21.0. The molecule has 8 heteroatoms. The maximum atomic E-state index is 4.60. The predicted octanol–water partition coefficient (Wildman–Crippen LogP) is 3.78. The number of hydrogen-bond acceptors (Lipinski definition) is 6. The van der Waals surface area contributed by atoms with Gasteiger partial charge in [0.1, 0.15) is 11.2 Å². The molecule has 0 aromatic carbocycles. The van der Waals surface area contributed by atoms with E-state index in [0.717, 1.165) is 33.4 Å². The van der Waals surface area contributed by atoms with Crippen LogP contribution in [0.4, 0.5) is 5.69 Å². The summed E-state index contributed by atoms with van der Waals surface area (Å²) in [5.74, 6) is 0.659. The third kappa shape index (κ3) is 2.84. The first-order chi connectivity index (χ1) is 13.7. The van der Waals surface area contributed by atoms with Crippen LogP contribution in [-0.2, 0) is 0 Å². The van der Waals surface area contributed by atoms with Gasteiger partial charge in [-0.2, -0.15) is 5.10 Å². The monoisotopic (exact) mass is 370 g/mol. The van der Waals surface area contributed by atoms with Gasteiger partial charge in [0.25, 0.3) is 0 Å². The van der Waals surface area contributed by atoms with Crippen molar-refractivity contribution in [3.05, 3.63) is 49.1 Å². The van der Waals surface area contributed by atoms with Gasteiger partial charge in [0, 0.05) is 42.0 Å². The van der Waals surface area contributed by atoms with Gasteiger partial charge in [-0.1, -0.05) is 0 Å². The second-order valence-corrected chi connectivity index (χ2v) is 6.91. The molecule has 0 aliphatic carbocycles. The second kappa shape index (κ2) is 6.41. The van der Waals surface area contributed by atoms with Crippen LogP contribution in [0.25, 0.3) is 44.8 Å². The van der Waals surface area contributed by atoms with E-state index in [1.54, 1.807) is 6.20 Å². The van der Waals surface area contributed by atoms with Gasteiger partial charge in [0.15, 0.2) is 17.1 Å². The third-order valence-electron chi connectivity index (χ3n) is 4.42. The fraction of sp³-hybridized carbons (Fsp3) is 0.150. The summed E-state index contributed by atoms with van der Waals surface area (Å²) in [5, 5.41) is 11.7. The number of imidazole rings is 1. The van der Waals surface area contributed by atoms with Crippen molar-refractivity contribution in [1.29, 1.82) is 0 Å². The Bertz CT molecular complexity index is 1250. The molecule has 3 N–H and O–H groups in total. The average Bonchev–Trinajstić information content (AvgIpc) is 3.30. The lowest BCUT2D eigenvalue weighted by Gasteiger charge is -2.10. The molecule has 0 saturated carbocycles. The van der Waals surface area contributed by atoms with Crippen molar-refractivity contribution < 1.29 is 0 Å². The minimum Gasteiger partial charge on any atom is -0.382 e. The zero-order valence-electron chi connectivity index (χ0n) is 15.4. The van der Waals surface area contributed by atoms with Crippen LogP contribution in [0.3, 0.4) is 0 Å². The molecule has 5 rings (SSSR count). The molecule has 0 unspecified atom stereocenters. The van der Waals surface area contributed by atoms with Gasteiger partial charge in [0.05, 0.1) is 11.1 Å². The highest BCUT2D eigenvalue weighted by molar-refractivity contribution is 5.93. The highest BCUT2D eigenvalue weighted by Crippen LogP contribution is 2.29. The Kier molecular flexibility index (Phi) is 3.75. The van der Waals surface area contributed by atoms with Crippen LogP contribution in [0.1, 0.15) is 13.8 Å². The predicted molar refractivity (Wildman–Crippen MR) is 109 cm³/mol. The normalized spacial score (nSPS) is 11.5. The van der Waals surface area contributed by atoms with Crippen LogP contribution >= 0.6 is 0 Å². The number of H-pyrrole nitrogens is 2. The number of aromatic nitrogens is 7. The highest BCUT2D eigenvalue weighted by atomic mass is 15.2. The lowest BCUT2D eigenvalue weighted by atomic mass is 10.1. The number of nitrogens with zero attached hydrogens (tertiary/aromatic N) is 5. The number of hydrogen-bond donors (Lipinski definition) is 3. The van der Waals surface area contributed by atoms with E-state index < -0.39 is 0 Å². The van der Waals surface area contributed by atoms with E-state index >= 15 is 0 Å². The van der Waals surface area contributed by atoms with Crippen LogP contribution in [0.5, 0.6) is 0 Å². The molecular formula is C20H18N8. The second-order valence-electron chi connectivity index (χ2n) is 6.91. The summed E-state index contributed by atoms with van der Waals surface area (Å²) in [6.07, 6.45) is 7.21. The van der Waals surface area contributed by atoms with Crippen molar-refractivity contribution in [2.45, 2.75) is 19.9 Å². The molecule has 0 aliphatic heterocycles. The van der Waals surface area contributed by atoms with Crippen LogP contribution in [-0.4, -0.2) is 41.2 Å². The van der Waals surface area contributed by atoms with Gasteiger partial charge in [-0.25, -0.2) is 15.0 Å². The average molecular weight is 370 g/mol. The lowest BCUT2D eigenvalue weighted by molar-refractivity contribution is 0.898. The van der Waals surface area contributed by atoms with E-state index in [9.17, 15) is 0 Å². The fourth-order valence-electron chi connectivity index (χ4n) is 3.21. The van der Waals surface area contributed by atoms with Crippen molar-refractivity contribution >= 4 is 27.9 Å². The largest absolute Gasteiger partial charge is 0.382 e. The number of aromatic amines is 2. The van der Waals surface area contributed by atoms with Crippen LogP contribution < -0.4 is 5.32 Å². The van der Waals surface area contributed by atoms with Crippen LogP contribution in [0.15, 0.2) is 49.1 Å². The smallest absolute Gasteiger partial charge is 0.161 e. The molecule has 28 heavy (non-hydrogen) atoms. The number of fused-ring (bicyclic) bond motifs is 2. The Labute approximate surface area is 160 Å².